The van der Waals surface area contributed by atoms with Crippen LogP contribution < -0.4 is 21.7 Å². The van der Waals surface area contributed by atoms with E-state index in [-0.39, 0.29) is 19.3 Å². The topological polar surface area (TPSA) is 253 Å². The number of nitrogens with zero attached hydrogens (tertiary/aromatic N) is 1. The second-order valence-electron chi connectivity index (χ2n) is 9.09. The number of aromatic amines is 2. The highest BCUT2D eigenvalue weighted by Crippen LogP contribution is 2.19. The number of para-hydroxylation sites is 1. The van der Waals surface area contributed by atoms with Crippen LogP contribution >= 0.6 is 0 Å². The molecule has 0 bridgehead atoms. The molecule has 2 heterocycles. The highest BCUT2D eigenvalue weighted by atomic mass is 16.4. The third-order valence-corrected chi connectivity index (χ3v) is 6.14. The average Bonchev–Trinajstić information content (AvgIpc) is 3.58. The van der Waals surface area contributed by atoms with Crippen LogP contribution in [0.1, 0.15) is 24.1 Å². The van der Waals surface area contributed by atoms with Crippen molar-refractivity contribution >= 4 is 40.6 Å². The number of aliphatic hydroxyl groups excluding tert-OH is 1. The van der Waals surface area contributed by atoms with Crippen LogP contribution in [0.25, 0.3) is 10.9 Å². The number of aliphatic hydroxyl groups is 1. The van der Waals surface area contributed by atoms with Gasteiger partial charge in [-0.15, -0.1) is 0 Å². The molecule has 0 aliphatic carbocycles. The van der Waals surface area contributed by atoms with Crippen LogP contribution in [-0.4, -0.2) is 90.7 Å². The maximum Gasteiger partial charge on any atom is 0.326 e. The first-order valence-corrected chi connectivity index (χ1v) is 12.3. The lowest BCUT2D eigenvalue weighted by Crippen LogP contribution is -2.58. The smallest absolute Gasteiger partial charge is 0.326 e. The van der Waals surface area contributed by atoms with Gasteiger partial charge in [-0.1, -0.05) is 18.2 Å². The van der Waals surface area contributed by atoms with Crippen LogP contribution in [0.5, 0.6) is 0 Å². The second kappa shape index (κ2) is 13.9. The number of rotatable bonds is 15. The molecule has 214 valence electrons. The van der Waals surface area contributed by atoms with E-state index in [1.807, 2.05) is 12.1 Å². The highest BCUT2D eigenvalue weighted by molar-refractivity contribution is 5.94. The Kier molecular flexibility index (Phi) is 10.3. The largest absolute Gasteiger partial charge is 0.481 e. The van der Waals surface area contributed by atoms with Gasteiger partial charge in [0.1, 0.15) is 18.1 Å². The van der Waals surface area contributed by atoms with E-state index in [4.69, 9.17) is 10.8 Å². The van der Waals surface area contributed by atoms with Crippen LogP contribution in [0.4, 0.5) is 0 Å². The zero-order valence-electron chi connectivity index (χ0n) is 21.3. The van der Waals surface area contributed by atoms with E-state index in [1.54, 1.807) is 18.3 Å². The molecule has 0 saturated heterocycles. The maximum atomic E-state index is 12.9. The molecule has 40 heavy (non-hydrogen) atoms. The summed E-state index contributed by atoms with van der Waals surface area (Å²) in [4.78, 5) is 71.0. The van der Waals surface area contributed by atoms with Crippen molar-refractivity contribution in [3.8, 4) is 0 Å². The number of hydrogen-bond donors (Lipinski definition) is 9. The van der Waals surface area contributed by atoms with Gasteiger partial charge in [-0.05, 0) is 18.1 Å². The second-order valence-corrected chi connectivity index (χ2v) is 9.09. The Morgan fingerprint density at radius 3 is 2.23 bits per heavy atom. The fraction of sp³-hybridized carbons (Fsp3) is 0.360. The van der Waals surface area contributed by atoms with Gasteiger partial charge in [0.2, 0.25) is 17.7 Å². The van der Waals surface area contributed by atoms with Crippen LogP contribution in [0.3, 0.4) is 0 Å². The number of fused-ring (bicyclic) bond motifs is 1. The van der Waals surface area contributed by atoms with Crippen molar-refractivity contribution in [2.24, 2.45) is 5.73 Å². The molecule has 15 heteroatoms. The molecule has 4 atom stereocenters. The van der Waals surface area contributed by atoms with Crippen LogP contribution in [-0.2, 0) is 36.8 Å². The Morgan fingerprint density at radius 2 is 1.57 bits per heavy atom. The number of carbonyl (C=O) groups is 5. The molecular formula is C25H31N7O8. The molecule has 0 aliphatic rings. The van der Waals surface area contributed by atoms with Crippen molar-refractivity contribution in [1.29, 1.82) is 0 Å². The van der Waals surface area contributed by atoms with E-state index in [0.29, 0.717) is 11.3 Å². The van der Waals surface area contributed by atoms with E-state index in [1.165, 1.54) is 12.5 Å². The van der Waals surface area contributed by atoms with Crippen LogP contribution in [0.15, 0.2) is 43.0 Å². The number of aliphatic carboxylic acids is 2. The monoisotopic (exact) mass is 557 g/mol. The summed E-state index contributed by atoms with van der Waals surface area (Å²) < 4.78 is 0. The third-order valence-electron chi connectivity index (χ3n) is 6.14. The molecule has 0 spiro atoms. The van der Waals surface area contributed by atoms with Crippen molar-refractivity contribution in [3.05, 3.63) is 54.2 Å². The van der Waals surface area contributed by atoms with Crippen molar-refractivity contribution in [1.82, 2.24) is 30.9 Å². The molecule has 15 nitrogen and oxygen atoms in total. The number of hydrogen-bond acceptors (Lipinski definition) is 8. The number of nitrogens with two attached hydrogens (primary N) is 1. The van der Waals surface area contributed by atoms with Gasteiger partial charge in [-0.3, -0.25) is 19.2 Å². The zero-order chi connectivity index (χ0) is 29.2. The molecule has 4 unspecified atom stereocenters. The van der Waals surface area contributed by atoms with Crippen molar-refractivity contribution in [2.45, 2.75) is 49.9 Å². The molecule has 3 aromatic rings. The Morgan fingerprint density at radius 1 is 0.900 bits per heavy atom. The van der Waals surface area contributed by atoms with Gasteiger partial charge in [0.25, 0.3) is 0 Å². The minimum absolute atomic E-state index is 0.0633. The summed E-state index contributed by atoms with van der Waals surface area (Å²) in [5.74, 6) is -5.26. The molecule has 3 rings (SSSR count). The van der Waals surface area contributed by atoms with Gasteiger partial charge in [0.05, 0.1) is 19.0 Å². The molecule has 3 amide bonds. The molecule has 1 aromatic carbocycles. The molecule has 0 radical (unpaired) electrons. The number of carboxylic acid groups (broad SMARTS) is 2. The summed E-state index contributed by atoms with van der Waals surface area (Å²) in [7, 11) is 0. The quantitative estimate of drug-likeness (QED) is 0.103. The van der Waals surface area contributed by atoms with Crippen molar-refractivity contribution < 1.29 is 39.3 Å². The number of benzene rings is 1. The minimum atomic E-state index is -1.58. The van der Waals surface area contributed by atoms with Gasteiger partial charge in [-0.25, -0.2) is 9.78 Å². The normalized spacial score (nSPS) is 14.1. The first kappa shape index (κ1) is 29.8. The Balaban J connectivity index is 1.66. The first-order valence-electron chi connectivity index (χ1n) is 12.3. The summed E-state index contributed by atoms with van der Waals surface area (Å²) in [6.07, 6.45) is 3.66. The Hall–Kier alpha value is -4.76. The predicted octanol–water partition coefficient (Wildman–Crippen LogP) is -1.60. The molecule has 0 saturated carbocycles. The van der Waals surface area contributed by atoms with Gasteiger partial charge in [-0.2, -0.15) is 0 Å². The van der Waals surface area contributed by atoms with E-state index in [2.05, 4.69) is 30.9 Å². The third kappa shape index (κ3) is 8.12. The SMILES string of the molecule is NC(Cc1cnc[nH]1)C(=O)NC(CCC(=O)O)C(=O)NC(CO)C(=O)NC(Cc1c[nH]c2ccccc12)C(=O)O. The van der Waals surface area contributed by atoms with Crippen LogP contribution in [0, 0.1) is 0 Å². The van der Waals surface area contributed by atoms with Crippen molar-refractivity contribution in [3.63, 3.8) is 0 Å². The lowest BCUT2D eigenvalue weighted by atomic mass is 10.0. The predicted molar refractivity (Wildman–Crippen MR) is 140 cm³/mol. The fourth-order valence-electron chi connectivity index (χ4n) is 4.00. The number of nitrogens with one attached hydrogen (secondary N) is 5. The molecular weight excluding hydrogens is 526 g/mol. The van der Waals surface area contributed by atoms with E-state index >= 15 is 0 Å². The maximum absolute atomic E-state index is 12.9. The van der Waals surface area contributed by atoms with E-state index in [9.17, 15) is 34.2 Å². The zero-order valence-corrected chi connectivity index (χ0v) is 21.3. The Bertz CT molecular complexity index is 1340. The number of carboxylic acids is 2. The number of imidazole rings is 1. The number of H-pyrrole nitrogens is 2. The molecule has 2 aromatic heterocycles. The van der Waals surface area contributed by atoms with Gasteiger partial charge in [0, 0.05) is 48.3 Å². The molecule has 0 aliphatic heterocycles. The summed E-state index contributed by atoms with van der Waals surface area (Å²) in [5, 5.41) is 36.2. The standard InChI is InChI=1S/C25H31N7O8/c26-16(8-14-10-27-12-29-14)22(36)30-18(5-6-21(34)35)23(37)32-20(11-33)24(38)31-19(25(39)40)7-13-9-28-17-4-2-1-3-15(13)17/h1-4,9-10,12,16,18-20,28,33H,5-8,11,26H2,(H,27,29)(H,30,36)(H,31,38)(H,32,37)(H,34,35)(H,39,40). The number of carbonyl (C=O) groups excluding carboxylic acids is 3. The average molecular weight is 558 g/mol. The minimum Gasteiger partial charge on any atom is -0.481 e. The Labute approximate surface area is 227 Å². The summed E-state index contributed by atoms with van der Waals surface area (Å²) in [6.45, 7) is -0.893. The summed E-state index contributed by atoms with van der Waals surface area (Å²) in [5.41, 5.74) is 7.87. The van der Waals surface area contributed by atoms with Gasteiger partial charge < -0.3 is 47.0 Å². The van der Waals surface area contributed by atoms with E-state index in [0.717, 1.165) is 10.9 Å². The molecule has 0 fully saturated rings. The van der Waals surface area contributed by atoms with Crippen LogP contribution in [0.2, 0.25) is 0 Å². The first-order chi connectivity index (χ1) is 19.1. The number of amides is 3. The van der Waals surface area contributed by atoms with Crippen molar-refractivity contribution in [2.75, 3.05) is 6.61 Å². The van der Waals surface area contributed by atoms with Gasteiger partial charge >= 0.3 is 11.9 Å². The summed E-state index contributed by atoms with van der Waals surface area (Å²) in [6, 6.07) is 1.74. The lowest BCUT2D eigenvalue weighted by Gasteiger charge is -2.24. The summed E-state index contributed by atoms with van der Waals surface area (Å²) >= 11 is 0. The fourth-order valence-corrected chi connectivity index (χ4v) is 4.00. The van der Waals surface area contributed by atoms with Gasteiger partial charge in [0.15, 0.2) is 0 Å². The van der Waals surface area contributed by atoms with E-state index < -0.39 is 66.9 Å². The molecule has 10 N–H and O–H groups in total. The lowest BCUT2D eigenvalue weighted by molar-refractivity contribution is -0.142. The highest BCUT2D eigenvalue weighted by Gasteiger charge is 2.31. The number of aromatic nitrogens is 3.